The Morgan fingerprint density at radius 3 is 2.80 bits per heavy atom. The van der Waals surface area contributed by atoms with Crippen molar-refractivity contribution in [2.45, 2.75) is 6.92 Å². The van der Waals surface area contributed by atoms with Crippen molar-refractivity contribution >= 4 is 47.0 Å². The van der Waals surface area contributed by atoms with E-state index in [2.05, 4.69) is 15.1 Å². The first-order chi connectivity index (χ1) is 11.8. The molecule has 25 heavy (non-hydrogen) atoms. The van der Waals surface area contributed by atoms with Crippen LogP contribution in [0.2, 0.25) is 10.3 Å². The standard InChI is InChI=1S/C15H13Cl2FN4O3/c1-3-25-15(24)9(7-19-11-4-5-20-22(11)2)12(23)8-6-10(18)14(17)21-13(8)16/h4-7,23H,3H2,1-2H3/b12-9+,19-7+. The van der Waals surface area contributed by atoms with Crippen molar-refractivity contribution in [1.82, 2.24) is 14.8 Å². The number of esters is 1. The molecule has 0 aliphatic carbocycles. The van der Waals surface area contributed by atoms with Crippen LogP contribution < -0.4 is 0 Å². The van der Waals surface area contributed by atoms with Crippen LogP contribution in [0, 0.1) is 5.82 Å². The first-order valence-corrected chi connectivity index (χ1v) is 7.75. The van der Waals surface area contributed by atoms with Gasteiger partial charge in [-0.15, -0.1) is 0 Å². The Balaban J connectivity index is 2.55. The van der Waals surface area contributed by atoms with Gasteiger partial charge in [-0.3, -0.25) is 4.68 Å². The van der Waals surface area contributed by atoms with Crippen LogP contribution in [0.4, 0.5) is 10.2 Å². The molecule has 2 aromatic rings. The summed E-state index contributed by atoms with van der Waals surface area (Å²) in [6.45, 7) is 1.66. The average Bonchev–Trinajstić information content (AvgIpc) is 2.96. The van der Waals surface area contributed by atoms with Gasteiger partial charge in [0.05, 0.1) is 18.4 Å². The third kappa shape index (κ3) is 4.34. The highest BCUT2D eigenvalue weighted by atomic mass is 35.5. The van der Waals surface area contributed by atoms with E-state index in [9.17, 15) is 14.3 Å². The molecule has 0 aliphatic rings. The van der Waals surface area contributed by atoms with Crippen molar-refractivity contribution in [3.8, 4) is 0 Å². The van der Waals surface area contributed by atoms with Crippen molar-refractivity contribution in [2.24, 2.45) is 12.0 Å². The van der Waals surface area contributed by atoms with Crippen molar-refractivity contribution in [3.05, 3.63) is 45.6 Å². The van der Waals surface area contributed by atoms with E-state index in [4.69, 9.17) is 27.9 Å². The van der Waals surface area contributed by atoms with Crippen LogP contribution in [0.25, 0.3) is 5.76 Å². The molecule has 0 unspecified atom stereocenters. The first kappa shape index (κ1) is 18.9. The predicted molar refractivity (Wildman–Crippen MR) is 91.8 cm³/mol. The molecule has 0 amide bonds. The number of rotatable bonds is 5. The van der Waals surface area contributed by atoms with Crippen LogP contribution in [-0.4, -0.2) is 38.7 Å². The summed E-state index contributed by atoms with van der Waals surface area (Å²) in [5.41, 5.74) is -0.545. The molecule has 7 nitrogen and oxygen atoms in total. The highest BCUT2D eigenvalue weighted by Gasteiger charge is 2.20. The van der Waals surface area contributed by atoms with Crippen LogP contribution in [0.15, 0.2) is 28.9 Å². The lowest BCUT2D eigenvalue weighted by molar-refractivity contribution is -0.137. The van der Waals surface area contributed by atoms with E-state index in [0.717, 1.165) is 12.3 Å². The Hall–Kier alpha value is -2.45. The topological polar surface area (TPSA) is 89.6 Å². The highest BCUT2D eigenvalue weighted by Crippen LogP contribution is 2.27. The van der Waals surface area contributed by atoms with E-state index >= 15 is 0 Å². The summed E-state index contributed by atoms with van der Waals surface area (Å²) in [4.78, 5) is 19.7. The molecule has 0 spiro atoms. The summed E-state index contributed by atoms with van der Waals surface area (Å²) >= 11 is 11.4. The summed E-state index contributed by atoms with van der Waals surface area (Å²) < 4.78 is 20.0. The van der Waals surface area contributed by atoms with Crippen molar-refractivity contribution in [3.63, 3.8) is 0 Å². The number of carbonyl (C=O) groups excluding carboxylic acids is 1. The van der Waals surface area contributed by atoms with Gasteiger partial charge in [-0.2, -0.15) is 5.10 Å². The van der Waals surface area contributed by atoms with Gasteiger partial charge < -0.3 is 9.84 Å². The fourth-order valence-electron chi connectivity index (χ4n) is 1.80. The fraction of sp³-hybridized carbons (Fsp3) is 0.200. The van der Waals surface area contributed by atoms with E-state index in [0.29, 0.717) is 5.82 Å². The van der Waals surface area contributed by atoms with Gasteiger partial charge in [0.2, 0.25) is 0 Å². The number of pyridine rings is 1. The molecule has 0 bridgehead atoms. The van der Waals surface area contributed by atoms with Crippen LogP contribution in [0.5, 0.6) is 0 Å². The van der Waals surface area contributed by atoms with Crippen molar-refractivity contribution in [2.75, 3.05) is 6.61 Å². The minimum absolute atomic E-state index is 0.0656. The maximum Gasteiger partial charge on any atom is 0.343 e. The molecule has 10 heteroatoms. The number of hydrogen-bond acceptors (Lipinski definition) is 6. The lowest BCUT2D eigenvalue weighted by atomic mass is 10.1. The molecule has 132 valence electrons. The second-order valence-electron chi connectivity index (χ2n) is 4.65. The Morgan fingerprint density at radius 2 is 2.20 bits per heavy atom. The Bertz CT molecular complexity index is 864. The number of hydrogen-bond donors (Lipinski definition) is 1. The van der Waals surface area contributed by atoms with Gasteiger partial charge in [0, 0.05) is 19.3 Å². The quantitative estimate of drug-likeness (QED) is 0.279. The Labute approximate surface area is 152 Å². The molecule has 2 aromatic heterocycles. The Morgan fingerprint density at radius 1 is 1.48 bits per heavy atom. The molecular weight excluding hydrogens is 374 g/mol. The molecule has 0 aromatic carbocycles. The molecular formula is C15H13Cl2FN4O3. The SMILES string of the molecule is CCOC(=O)C(/C=N/c1ccnn1C)=C(/O)c1cc(F)c(Cl)nc1Cl. The lowest BCUT2D eigenvalue weighted by Crippen LogP contribution is -2.12. The zero-order valence-electron chi connectivity index (χ0n) is 13.2. The zero-order chi connectivity index (χ0) is 18.6. The molecule has 0 saturated carbocycles. The molecule has 0 fully saturated rings. The van der Waals surface area contributed by atoms with E-state index < -0.39 is 22.7 Å². The fourth-order valence-corrected chi connectivity index (χ4v) is 2.21. The summed E-state index contributed by atoms with van der Waals surface area (Å²) in [7, 11) is 1.65. The van der Waals surface area contributed by atoms with Gasteiger partial charge in [0.1, 0.15) is 22.3 Å². The third-order valence-corrected chi connectivity index (χ3v) is 3.57. The van der Waals surface area contributed by atoms with Gasteiger partial charge in [0.15, 0.2) is 11.0 Å². The second-order valence-corrected chi connectivity index (χ2v) is 5.37. The lowest BCUT2D eigenvalue weighted by Gasteiger charge is -2.08. The van der Waals surface area contributed by atoms with E-state index in [1.165, 1.54) is 10.9 Å². The highest BCUT2D eigenvalue weighted by molar-refractivity contribution is 6.34. The van der Waals surface area contributed by atoms with Gasteiger partial charge in [0.25, 0.3) is 0 Å². The number of aliphatic hydroxyl groups excluding tert-OH is 1. The number of ether oxygens (including phenoxy) is 1. The van der Waals surface area contributed by atoms with Crippen LogP contribution in [0.1, 0.15) is 12.5 Å². The molecule has 2 heterocycles. The molecule has 0 saturated heterocycles. The minimum Gasteiger partial charge on any atom is -0.506 e. The first-order valence-electron chi connectivity index (χ1n) is 6.99. The summed E-state index contributed by atoms with van der Waals surface area (Å²) in [5.74, 6) is -1.99. The van der Waals surface area contributed by atoms with Crippen molar-refractivity contribution < 1.29 is 19.0 Å². The number of aliphatic hydroxyl groups is 1. The monoisotopic (exact) mass is 386 g/mol. The summed E-state index contributed by atoms with van der Waals surface area (Å²) in [6.07, 6.45) is 2.59. The number of halogens is 3. The average molecular weight is 387 g/mol. The van der Waals surface area contributed by atoms with Crippen LogP contribution in [-0.2, 0) is 16.6 Å². The third-order valence-electron chi connectivity index (χ3n) is 3.01. The van der Waals surface area contributed by atoms with Crippen LogP contribution >= 0.6 is 23.2 Å². The minimum atomic E-state index is -0.903. The summed E-state index contributed by atoms with van der Waals surface area (Å²) in [6, 6.07) is 2.46. The maximum atomic E-state index is 13.6. The van der Waals surface area contributed by atoms with Gasteiger partial charge >= 0.3 is 5.97 Å². The molecule has 0 aliphatic heterocycles. The second kappa shape index (κ2) is 8.09. The van der Waals surface area contributed by atoms with E-state index in [1.807, 2.05) is 0 Å². The van der Waals surface area contributed by atoms with Crippen molar-refractivity contribution in [1.29, 1.82) is 0 Å². The zero-order valence-corrected chi connectivity index (χ0v) is 14.7. The number of nitrogens with zero attached hydrogens (tertiary/aromatic N) is 4. The van der Waals surface area contributed by atoms with Gasteiger partial charge in [-0.1, -0.05) is 23.2 Å². The molecule has 0 atom stereocenters. The Kier molecular flexibility index (Phi) is 6.11. The summed E-state index contributed by atoms with van der Waals surface area (Å²) in [5, 5.41) is 13.6. The predicted octanol–water partition coefficient (Wildman–Crippen LogP) is 3.50. The number of aliphatic imine (C=N–C) groups is 1. The molecule has 1 N–H and O–H groups in total. The number of carbonyl (C=O) groups is 1. The smallest absolute Gasteiger partial charge is 0.343 e. The molecule has 2 rings (SSSR count). The van der Waals surface area contributed by atoms with E-state index in [-0.39, 0.29) is 22.9 Å². The largest absolute Gasteiger partial charge is 0.506 e. The number of aryl methyl sites for hydroxylation is 1. The van der Waals surface area contributed by atoms with E-state index in [1.54, 1.807) is 20.0 Å². The van der Waals surface area contributed by atoms with Crippen LogP contribution in [0.3, 0.4) is 0 Å². The maximum absolute atomic E-state index is 13.6. The van der Waals surface area contributed by atoms with Gasteiger partial charge in [-0.05, 0) is 13.0 Å². The van der Waals surface area contributed by atoms with Gasteiger partial charge in [-0.25, -0.2) is 19.2 Å². The molecule has 0 radical (unpaired) electrons. The number of aromatic nitrogens is 3. The normalized spacial score (nSPS) is 12.4.